The molecular weight excluding hydrogens is 304 g/mol. The molecule has 0 radical (unpaired) electrons. The van der Waals surface area contributed by atoms with Gasteiger partial charge in [0.15, 0.2) is 0 Å². The average Bonchev–Trinajstić information content (AvgIpc) is 2.53. The molecule has 1 aromatic carbocycles. The number of anilines is 1. The highest BCUT2D eigenvalue weighted by molar-refractivity contribution is 5.93. The third kappa shape index (κ3) is 6.04. The number of ether oxygens (including phenoxy) is 2. The van der Waals surface area contributed by atoms with Crippen molar-refractivity contribution in [3.8, 4) is 5.75 Å². The number of hydrogen-bond acceptors (Lipinski definition) is 5. The Bertz CT molecular complexity index is 513. The normalized spacial score (nSPS) is 12.5. The molecule has 0 saturated carbocycles. The van der Waals surface area contributed by atoms with Crippen molar-refractivity contribution in [3.05, 3.63) is 23.8 Å². The lowest BCUT2D eigenvalue weighted by Crippen LogP contribution is -2.40. The molecule has 1 rings (SSSR count). The van der Waals surface area contributed by atoms with E-state index >= 15 is 0 Å². The number of hydrogen-bond donors (Lipinski definition) is 1. The Morgan fingerprint density at radius 1 is 1.21 bits per heavy atom. The lowest BCUT2D eigenvalue weighted by Gasteiger charge is -2.30. The average molecular weight is 336 g/mol. The van der Waals surface area contributed by atoms with Crippen LogP contribution < -0.4 is 10.5 Å². The number of nitrogen functional groups attached to an aromatic ring is 1. The highest BCUT2D eigenvalue weighted by atomic mass is 16.5. The van der Waals surface area contributed by atoms with Crippen LogP contribution >= 0.6 is 0 Å². The van der Waals surface area contributed by atoms with E-state index in [0.717, 1.165) is 19.5 Å². The molecule has 0 heterocycles. The van der Waals surface area contributed by atoms with E-state index in [9.17, 15) is 4.79 Å². The second-order valence-electron chi connectivity index (χ2n) is 6.29. The molecule has 5 nitrogen and oxygen atoms in total. The van der Waals surface area contributed by atoms with Crippen molar-refractivity contribution in [1.29, 1.82) is 0 Å². The summed E-state index contributed by atoms with van der Waals surface area (Å²) < 4.78 is 11.1. The molecule has 0 amide bonds. The van der Waals surface area contributed by atoms with Crippen LogP contribution in [0.3, 0.4) is 0 Å². The zero-order chi connectivity index (χ0) is 18.1. The number of rotatable bonds is 10. The standard InChI is InChI=1S/C19H32N2O3/c1-6-21(7-2)16(11-14(4)5)13-24-19(22)17-10-9-15(20)12-18(17)23-8-3/h9-10,12,14,16H,6-8,11,13,20H2,1-5H3/t16-/m0/s1. The van der Waals surface area contributed by atoms with Gasteiger partial charge in [-0.15, -0.1) is 0 Å². The predicted octanol–water partition coefficient (Wildman–Crippen LogP) is 3.58. The molecule has 0 bridgehead atoms. The van der Waals surface area contributed by atoms with E-state index in [1.807, 2.05) is 6.92 Å². The molecule has 0 aromatic heterocycles. The van der Waals surface area contributed by atoms with Crippen molar-refractivity contribution in [3.63, 3.8) is 0 Å². The summed E-state index contributed by atoms with van der Waals surface area (Å²) in [5, 5.41) is 0. The topological polar surface area (TPSA) is 64.8 Å². The highest BCUT2D eigenvalue weighted by Gasteiger charge is 2.21. The summed E-state index contributed by atoms with van der Waals surface area (Å²) >= 11 is 0. The second-order valence-corrected chi connectivity index (χ2v) is 6.29. The van der Waals surface area contributed by atoms with Gasteiger partial charge in [0.2, 0.25) is 0 Å². The molecule has 0 spiro atoms. The number of carbonyl (C=O) groups is 1. The van der Waals surface area contributed by atoms with E-state index < -0.39 is 0 Å². The van der Waals surface area contributed by atoms with Gasteiger partial charge in [-0.05, 0) is 44.5 Å². The molecule has 136 valence electrons. The highest BCUT2D eigenvalue weighted by Crippen LogP contribution is 2.23. The summed E-state index contributed by atoms with van der Waals surface area (Å²) in [7, 11) is 0. The number of esters is 1. The van der Waals surface area contributed by atoms with Gasteiger partial charge in [0.05, 0.1) is 6.61 Å². The van der Waals surface area contributed by atoms with Crippen LogP contribution in [0.25, 0.3) is 0 Å². The van der Waals surface area contributed by atoms with Gasteiger partial charge < -0.3 is 15.2 Å². The lowest BCUT2D eigenvalue weighted by atomic mass is 10.0. The molecule has 5 heteroatoms. The fraction of sp³-hybridized carbons (Fsp3) is 0.632. The summed E-state index contributed by atoms with van der Waals surface area (Å²) in [6.45, 7) is 13.2. The molecule has 2 N–H and O–H groups in total. The molecule has 0 fully saturated rings. The molecule has 0 aliphatic carbocycles. The van der Waals surface area contributed by atoms with Gasteiger partial charge in [0, 0.05) is 17.8 Å². The first-order valence-corrected chi connectivity index (χ1v) is 8.86. The van der Waals surface area contributed by atoms with Crippen LogP contribution in [0.4, 0.5) is 5.69 Å². The van der Waals surface area contributed by atoms with Crippen molar-refractivity contribution in [1.82, 2.24) is 4.90 Å². The van der Waals surface area contributed by atoms with Gasteiger partial charge in [-0.2, -0.15) is 0 Å². The van der Waals surface area contributed by atoms with Crippen LogP contribution in [0.1, 0.15) is 51.4 Å². The van der Waals surface area contributed by atoms with Gasteiger partial charge in [-0.1, -0.05) is 27.7 Å². The van der Waals surface area contributed by atoms with E-state index in [1.54, 1.807) is 18.2 Å². The van der Waals surface area contributed by atoms with E-state index in [-0.39, 0.29) is 12.0 Å². The van der Waals surface area contributed by atoms with Crippen molar-refractivity contribution in [2.75, 3.05) is 32.0 Å². The summed E-state index contributed by atoms with van der Waals surface area (Å²) in [5.74, 6) is 0.662. The Morgan fingerprint density at radius 2 is 1.88 bits per heavy atom. The molecular formula is C19H32N2O3. The maximum Gasteiger partial charge on any atom is 0.341 e. The van der Waals surface area contributed by atoms with E-state index in [0.29, 0.717) is 36.1 Å². The minimum absolute atomic E-state index is 0.230. The SMILES string of the molecule is CCOc1cc(N)ccc1C(=O)OC[C@H](CC(C)C)N(CC)CC. The Hall–Kier alpha value is -1.75. The van der Waals surface area contributed by atoms with Crippen molar-refractivity contribution < 1.29 is 14.3 Å². The lowest BCUT2D eigenvalue weighted by molar-refractivity contribution is 0.0327. The number of nitrogens with zero attached hydrogens (tertiary/aromatic N) is 1. The van der Waals surface area contributed by atoms with E-state index in [2.05, 4.69) is 32.6 Å². The van der Waals surface area contributed by atoms with Crippen LogP contribution in [0.2, 0.25) is 0 Å². The van der Waals surface area contributed by atoms with Crippen molar-refractivity contribution in [2.24, 2.45) is 5.92 Å². The van der Waals surface area contributed by atoms with E-state index in [4.69, 9.17) is 15.2 Å². The fourth-order valence-corrected chi connectivity index (χ4v) is 2.84. The Morgan fingerprint density at radius 3 is 2.42 bits per heavy atom. The smallest absolute Gasteiger partial charge is 0.341 e. The predicted molar refractivity (Wildman–Crippen MR) is 98.5 cm³/mol. The molecule has 0 aliphatic heterocycles. The van der Waals surface area contributed by atoms with Crippen molar-refractivity contribution in [2.45, 2.75) is 47.1 Å². The molecule has 1 atom stereocenters. The third-order valence-electron chi connectivity index (χ3n) is 4.00. The van der Waals surface area contributed by atoms with Crippen molar-refractivity contribution >= 4 is 11.7 Å². The van der Waals surface area contributed by atoms with Crippen LogP contribution in [0.15, 0.2) is 18.2 Å². The molecule has 0 saturated heterocycles. The molecule has 0 unspecified atom stereocenters. The number of nitrogens with two attached hydrogens (primary N) is 1. The van der Waals surface area contributed by atoms with Crippen LogP contribution in [0.5, 0.6) is 5.75 Å². The minimum Gasteiger partial charge on any atom is -0.493 e. The summed E-state index contributed by atoms with van der Waals surface area (Å²) in [6.07, 6.45) is 0.995. The number of carbonyl (C=O) groups excluding carboxylic acids is 1. The first-order chi connectivity index (χ1) is 11.4. The Labute approximate surface area is 146 Å². The largest absolute Gasteiger partial charge is 0.493 e. The molecule has 0 aliphatic rings. The summed E-state index contributed by atoms with van der Waals surface area (Å²) in [5.41, 5.74) is 6.76. The second kappa shape index (κ2) is 10.2. The first-order valence-electron chi connectivity index (χ1n) is 8.86. The zero-order valence-corrected chi connectivity index (χ0v) is 15.7. The van der Waals surface area contributed by atoms with E-state index in [1.165, 1.54) is 0 Å². The Kier molecular flexibility index (Phi) is 8.61. The quantitative estimate of drug-likeness (QED) is 0.522. The summed E-state index contributed by atoms with van der Waals surface area (Å²) in [4.78, 5) is 14.8. The van der Waals surface area contributed by atoms with Gasteiger partial charge in [-0.25, -0.2) is 4.79 Å². The zero-order valence-electron chi connectivity index (χ0n) is 15.7. The molecule has 1 aromatic rings. The minimum atomic E-state index is -0.362. The Balaban J connectivity index is 2.81. The monoisotopic (exact) mass is 336 g/mol. The van der Waals surface area contributed by atoms with Crippen LogP contribution in [0, 0.1) is 5.92 Å². The molecule has 24 heavy (non-hydrogen) atoms. The third-order valence-corrected chi connectivity index (χ3v) is 4.00. The van der Waals surface area contributed by atoms with Gasteiger partial charge >= 0.3 is 5.97 Å². The van der Waals surface area contributed by atoms with Crippen LogP contribution in [-0.2, 0) is 4.74 Å². The number of likely N-dealkylation sites (N-methyl/N-ethyl adjacent to an activating group) is 1. The summed E-state index contributed by atoms with van der Waals surface area (Å²) in [6, 6.07) is 5.25. The maximum absolute atomic E-state index is 12.5. The maximum atomic E-state index is 12.5. The number of benzene rings is 1. The first kappa shape index (κ1) is 20.3. The van der Waals surface area contributed by atoms with Gasteiger partial charge in [0.1, 0.15) is 17.9 Å². The fourth-order valence-electron chi connectivity index (χ4n) is 2.84. The van der Waals surface area contributed by atoms with Gasteiger partial charge in [0.25, 0.3) is 0 Å². The van der Waals surface area contributed by atoms with Crippen LogP contribution in [-0.4, -0.2) is 43.2 Å². The van der Waals surface area contributed by atoms with Gasteiger partial charge in [-0.3, -0.25) is 4.90 Å².